The van der Waals surface area contributed by atoms with E-state index in [2.05, 4.69) is 5.32 Å². The molecule has 4 rings (SSSR count). The number of nitrogens with zero attached hydrogens (tertiary/aromatic N) is 1. The second-order valence-corrected chi connectivity index (χ2v) is 6.48. The van der Waals surface area contributed by atoms with Crippen LogP contribution in [-0.2, 0) is 6.54 Å². The summed E-state index contributed by atoms with van der Waals surface area (Å²) in [4.78, 5) is 17.9. The topological polar surface area (TPSA) is 51.2 Å². The quantitative estimate of drug-likeness (QED) is 0.482. The van der Waals surface area contributed by atoms with E-state index in [1.54, 1.807) is 7.11 Å². The minimum atomic E-state index is -0.0543. The van der Waals surface area contributed by atoms with Gasteiger partial charge in [-0.15, -0.1) is 0 Å². The number of nitrogens with one attached hydrogen (secondary N) is 1. The first-order chi connectivity index (χ1) is 13.7. The summed E-state index contributed by atoms with van der Waals surface area (Å²) in [5.74, 6) is 1.25. The predicted molar refractivity (Wildman–Crippen MR) is 112 cm³/mol. The SMILES string of the molecule is COc1ccc2cc(C(=O)c3ccccc3)c(NCc3ccccc3)nc2c1. The molecule has 4 nitrogen and oxygen atoms in total. The molecule has 1 N–H and O–H groups in total. The van der Waals surface area contributed by atoms with Crippen molar-refractivity contribution in [1.82, 2.24) is 4.98 Å². The standard InChI is InChI=1S/C24H20N2O2/c1-28-20-13-12-19-14-21(23(27)18-10-6-3-7-11-18)24(26-22(19)15-20)25-16-17-8-4-2-5-9-17/h2-15H,16H2,1H3,(H,25,26). The third-order valence-corrected chi connectivity index (χ3v) is 4.61. The normalized spacial score (nSPS) is 10.6. The number of hydrogen-bond donors (Lipinski definition) is 1. The zero-order valence-electron chi connectivity index (χ0n) is 15.6. The van der Waals surface area contributed by atoms with Crippen molar-refractivity contribution in [2.75, 3.05) is 12.4 Å². The number of ketones is 1. The second kappa shape index (κ2) is 7.92. The van der Waals surface area contributed by atoms with Crippen LogP contribution >= 0.6 is 0 Å². The smallest absolute Gasteiger partial charge is 0.196 e. The van der Waals surface area contributed by atoms with Crippen molar-refractivity contribution in [2.45, 2.75) is 6.54 Å². The van der Waals surface area contributed by atoms with Crippen molar-refractivity contribution < 1.29 is 9.53 Å². The number of rotatable bonds is 6. The van der Waals surface area contributed by atoms with Gasteiger partial charge in [-0.05, 0) is 23.8 Å². The second-order valence-electron chi connectivity index (χ2n) is 6.48. The van der Waals surface area contributed by atoms with Crippen LogP contribution in [0.5, 0.6) is 5.75 Å². The number of carbonyl (C=O) groups excluding carboxylic acids is 1. The monoisotopic (exact) mass is 368 g/mol. The van der Waals surface area contributed by atoms with Gasteiger partial charge >= 0.3 is 0 Å². The summed E-state index contributed by atoms with van der Waals surface area (Å²) in [5, 5.41) is 4.23. The van der Waals surface area contributed by atoms with Crippen molar-refractivity contribution in [3.8, 4) is 5.75 Å². The molecule has 0 spiro atoms. The Morgan fingerprint density at radius 2 is 1.64 bits per heavy atom. The summed E-state index contributed by atoms with van der Waals surface area (Å²) < 4.78 is 5.31. The van der Waals surface area contributed by atoms with Crippen LogP contribution in [0.25, 0.3) is 10.9 Å². The molecule has 0 aliphatic carbocycles. The Kier molecular flexibility index (Phi) is 5.02. The Morgan fingerprint density at radius 1 is 0.929 bits per heavy atom. The molecule has 0 bridgehead atoms. The van der Waals surface area contributed by atoms with Gasteiger partial charge in [0.25, 0.3) is 0 Å². The fourth-order valence-electron chi connectivity index (χ4n) is 3.11. The van der Waals surface area contributed by atoms with Gasteiger partial charge in [-0.1, -0.05) is 60.7 Å². The van der Waals surface area contributed by atoms with Gasteiger partial charge in [0.2, 0.25) is 0 Å². The summed E-state index contributed by atoms with van der Waals surface area (Å²) in [5.41, 5.74) is 3.09. The lowest BCUT2D eigenvalue weighted by atomic mass is 10.0. The van der Waals surface area contributed by atoms with Crippen molar-refractivity contribution >= 4 is 22.5 Å². The molecular weight excluding hydrogens is 348 g/mol. The van der Waals surface area contributed by atoms with Gasteiger partial charge in [0.05, 0.1) is 18.2 Å². The molecule has 0 aliphatic heterocycles. The van der Waals surface area contributed by atoms with E-state index >= 15 is 0 Å². The van der Waals surface area contributed by atoms with E-state index in [0.29, 0.717) is 23.5 Å². The van der Waals surface area contributed by atoms with E-state index in [1.807, 2.05) is 84.9 Å². The Morgan fingerprint density at radius 3 is 2.36 bits per heavy atom. The molecule has 4 aromatic rings. The highest BCUT2D eigenvalue weighted by atomic mass is 16.5. The summed E-state index contributed by atoms with van der Waals surface area (Å²) in [6, 6.07) is 26.9. The summed E-state index contributed by atoms with van der Waals surface area (Å²) in [6.45, 7) is 0.582. The van der Waals surface area contributed by atoms with Gasteiger partial charge in [-0.2, -0.15) is 0 Å². The Balaban J connectivity index is 1.77. The number of methoxy groups -OCH3 is 1. The van der Waals surface area contributed by atoms with Crippen LogP contribution in [0.3, 0.4) is 0 Å². The van der Waals surface area contributed by atoms with Crippen LogP contribution in [0.15, 0.2) is 84.9 Å². The molecule has 0 atom stereocenters. The minimum Gasteiger partial charge on any atom is -0.497 e. The number of aromatic nitrogens is 1. The van der Waals surface area contributed by atoms with E-state index in [0.717, 1.165) is 22.2 Å². The molecule has 4 heteroatoms. The lowest BCUT2D eigenvalue weighted by molar-refractivity contribution is 0.103. The fraction of sp³-hybridized carbons (Fsp3) is 0.0833. The number of benzene rings is 3. The highest BCUT2D eigenvalue weighted by molar-refractivity contribution is 6.13. The summed E-state index contributed by atoms with van der Waals surface area (Å²) in [6.07, 6.45) is 0. The Bertz CT molecular complexity index is 1110. The first-order valence-electron chi connectivity index (χ1n) is 9.11. The van der Waals surface area contributed by atoms with Gasteiger partial charge in [0.15, 0.2) is 5.78 Å². The molecule has 0 amide bonds. The zero-order valence-corrected chi connectivity index (χ0v) is 15.6. The number of hydrogen-bond acceptors (Lipinski definition) is 4. The maximum atomic E-state index is 13.1. The molecule has 138 valence electrons. The molecule has 28 heavy (non-hydrogen) atoms. The molecule has 0 unspecified atom stereocenters. The molecular formula is C24H20N2O2. The molecule has 0 saturated carbocycles. The average Bonchev–Trinajstić information content (AvgIpc) is 2.77. The Hall–Kier alpha value is -3.66. The average molecular weight is 368 g/mol. The first-order valence-corrected chi connectivity index (χ1v) is 9.11. The molecule has 1 heterocycles. The molecule has 3 aromatic carbocycles. The predicted octanol–water partition coefficient (Wildman–Crippen LogP) is 5.09. The van der Waals surface area contributed by atoms with Gasteiger partial charge in [-0.3, -0.25) is 4.79 Å². The number of fused-ring (bicyclic) bond motifs is 1. The third-order valence-electron chi connectivity index (χ3n) is 4.61. The lowest BCUT2D eigenvalue weighted by Crippen LogP contribution is -2.10. The van der Waals surface area contributed by atoms with E-state index in [4.69, 9.17) is 9.72 Å². The summed E-state index contributed by atoms with van der Waals surface area (Å²) >= 11 is 0. The third kappa shape index (κ3) is 3.71. The van der Waals surface area contributed by atoms with Crippen LogP contribution in [0, 0.1) is 0 Å². The molecule has 0 radical (unpaired) electrons. The number of anilines is 1. The zero-order chi connectivity index (χ0) is 19.3. The van der Waals surface area contributed by atoms with Crippen molar-refractivity contribution in [3.63, 3.8) is 0 Å². The maximum absolute atomic E-state index is 13.1. The van der Waals surface area contributed by atoms with E-state index in [1.165, 1.54) is 0 Å². The molecule has 0 aliphatic rings. The van der Waals surface area contributed by atoms with Crippen LogP contribution in [0.2, 0.25) is 0 Å². The minimum absolute atomic E-state index is 0.0543. The Labute approximate surface area is 163 Å². The van der Waals surface area contributed by atoms with Crippen LogP contribution in [-0.4, -0.2) is 17.9 Å². The van der Waals surface area contributed by atoms with Crippen molar-refractivity contribution in [2.24, 2.45) is 0 Å². The summed E-state index contributed by atoms with van der Waals surface area (Å²) in [7, 11) is 1.63. The molecule has 0 saturated heterocycles. The van der Waals surface area contributed by atoms with E-state index < -0.39 is 0 Å². The van der Waals surface area contributed by atoms with Crippen molar-refractivity contribution in [1.29, 1.82) is 0 Å². The van der Waals surface area contributed by atoms with Crippen LogP contribution in [0.1, 0.15) is 21.5 Å². The van der Waals surface area contributed by atoms with Crippen molar-refractivity contribution in [3.05, 3.63) is 102 Å². The molecule has 1 aromatic heterocycles. The van der Waals surface area contributed by atoms with Gasteiger partial charge in [0.1, 0.15) is 11.6 Å². The number of carbonyl (C=O) groups is 1. The number of pyridine rings is 1. The van der Waals surface area contributed by atoms with Gasteiger partial charge in [0, 0.05) is 23.6 Å². The molecule has 0 fully saturated rings. The fourth-order valence-corrected chi connectivity index (χ4v) is 3.11. The number of ether oxygens (including phenoxy) is 1. The highest BCUT2D eigenvalue weighted by Gasteiger charge is 2.16. The van der Waals surface area contributed by atoms with E-state index in [-0.39, 0.29) is 5.78 Å². The highest BCUT2D eigenvalue weighted by Crippen LogP contribution is 2.26. The van der Waals surface area contributed by atoms with Crippen LogP contribution < -0.4 is 10.1 Å². The van der Waals surface area contributed by atoms with Crippen LogP contribution in [0.4, 0.5) is 5.82 Å². The van der Waals surface area contributed by atoms with E-state index in [9.17, 15) is 4.79 Å². The maximum Gasteiger partial charge on any atom is 0.196 e. The lowest BCUT2D eigenvalue weighted by Gasteiger charge is -2.13. The largest absolute Gasteiger partial charge is 0.497 e. The van der Waals surface area contributed by atoms with Gasteiger partial charge < -0.3 is 10.1 Å². The van der Waals surface area contributed by atoms with Gasteiger partial charge in [-0.25, -0.2) is 4.98 Å². The first kappa shape index (κ1) is 17.7.